The summed E-state index contributed by atoms with van der Waals surface area (Å²) in [6, 6.07) is 0. The Morgan fingerprint density at radius 1 is 0.303 bits per heavy atom. The van der Waals surface area contributed by atoms with Crippen LogP contribution in [0.2, 0.25) is 0 Å². The quantitative estimate of drug-likeness (QED) is 0.0262. The smallest absolute Gasteiger partial charge is 0.306 e. The SMILES string of the molecule is CCCCCCCC/C=C\C/C=C\C/C=C\CCCC(=O)OCC(COC(=O)CCCCCCCCCCCCCCCC)OC(=O)CCCCCCCCC/C=C\CCCCCCCC. The minimum atomic E-state index is -0.793. The third-order valence-corrected chi connectivity index (χ3v) is 12.6. The van der Waals surface area contributed by atoms with Crippen LogP contribution < -0.4 is 0 Å². The maximum absolute atomic E-state index is 12.8. The van der Waals surface area contributed by atoms with Gasteiger partial charge >= 0.3 is 17.9 Å². The minimum absolute atomic E-state index is 0.0874. The Morgan fingerprint density at radius 2 is 0.561 bits per heavy atom. The first kappa shape index (κ1) is 63.4. The van der Waals surface area contributed by atoms with Crippen LogP contribution in [0.25, 0.3) is 0 Å². The molecular weight excluding hydrogens is 817 g/mol. The molecular formula is C60H108O6. The van der Waals surface area contributed by atoms with Crippen molar-refractivity contribution in [2.24, 2.45) is 0 Å². The number of allylic oxidation sites excluding steroid dienone is 8. The lowest BCUT2D eigenvalue weighted by atomic mass is 10.0. The molecule has 0 N–H and O–H groups in total. The number of carbonyl (C=O) groups excluding carboxylic acids is 3. The van der Waals surface area contributed by atoms with Crippen molar-refractivity contribution >= 4 is 17.9 Å². The van der Waals surface area contributed by atoms with Crippen molar-refractivity contribution in [1.82, 2.24) is 0 Å². The van der Waals surface area contributed by atoms with Crippen LogP contribution in [0, 0.1) is 0 Å². The monoisotopic (exact) mass is 925 g/mol. The lowest BCUT2D eigenvalue weighted by Crippen LogP contribution is -2.30. The van der Waals surface area contributed by atoms with Crippen molar-refractivity contribution in [3.05, 3.63) is 48.6 Å². The number of unbranched alkanes of at least 4 members (excludes halogenated alkanes) is 33. The Bertz CT molecular complexity index is 1150. The first-order valence-corrected chi connectivity index (χ1v) is 28.6. The predicted octanol–water partition coefficient (Wildman–Crippen LogP) is 19.0. The summed E-state index contributed by atoms with van der Waals surface area (Å²) in [5.74, 6) is -0.933. The molecule has 1 atom stereocenters. The molecule has 1 unspecified atom stereocenters. The molecule has 0 radical (unpaired) electrons. The van der Waals surface area contributed by atoms with E-state index in [0.29, 0.717) is 25.7 Å². The molecule has 0 aromatic carbocycles. The summed E-state index contributed by atoms with van der Waals surface area (Å²) in [6.07, 6.45) is 66.7. The van der Waals surface area contributed by atoms with Gasteiger partial charge in [0.15, 0.2) is 6.10 Å². The number of hydrogen-bond acceptors (Lipinski definition) is 6. The molecule has 0 heterocycles. The van der Waals surface area contributed by atoms with Gasteiger partial charge < -0.3 is 14.2 Å². The third-order valence-electron chi connectivity index (χ3n) is 12.6. The number of ether oxygens (including phenoxy) is 3. The first-order valence-electron chi connectivity index (χ1n) is 28.6. The summed E-state index contributed by atoms with van der Waals surface area (Å²) in [5.41, 5.74) is 0. The van der Waals surface area contributed by atoms with Crippen LogP contribution in [-0.4, -0.2) is 37.2 Å². The summed E-state index contributed by atoms with van der Waals surface area (Å²) >= 11 is 0. The summed E-state index contributed by atoms with van der Waals surface area (Å²) in [5, 5.41) is 0. The molecule has 0 bridgehead atoms. The molecule has 66 heavy (non-hydrogen) atoms. The summed E-state index contributed by atoms with van der Waals surface area (Å²) < 4.78 is 16.8. The number of carbonyl (C=O) groups is 3. The molecule has 384 valence electrons. The summed E-state index contributed by atoms with van der Waals surface area (Å²) in [7, 11) is 0. The number of esters is 3. The molecule has 0 saturated heterocycles. The van der Waals surface area contributed by atoms with Gasteiger partial charge in [-0.2, -0.15) is 0 Å². The van der Waals surface area contributed by atoms with E-state index in [4.69, 9.17) is 14.2 Å². The fourth-order valence-corrected chi connectivity index (χ4v) is 8.22. The van der Waals surface area contributed by atoms with E-state index < -0.39 is 6.10 Å². The Morgan fingerprint density at radius 3 is 0.924 bits per heavy atom. The highest BCUT2D eigenvalue weighted by atomic mass is 16.6. The van der Waals surface area contributed by atoms with E-state index in [0.717, 1.165) is 57.8 Å². The highest BCUT2D eigenvalue weighted by Gasteiger charge is 2.19. The number of hydrogen-bond donors (Lipinski definition) is 0. The molecule has 0 aliphatic rings. The predicted molar refractivity (Wildman–Crippen MR) is 284 cm³/mol. The van der Waals surface area contributed by atoms with E-state index in [1.54, 1.807) is 0 Å². The van der Waals surface area contributed by atoms with Gasteiger partial charge in [0.05, 0.1) is 0 Å². The van der Waals surface area contributed by atoms with Crippen molar-refractivity contribution < 1.29 is 28.6 Å². The second-order valence-electron chi connectivity index (χ2n) is 19.2. The zero-order valence-corrected chi connectivity index (χ0v) is 44.0. The standard InChI is InChI=1S/C60H108O6/c1-4-7-10-13-16-19-22-25-28-30-32-35-38-41-44-47-50-53-59(62)65-56-57(55-64-58(61)52-49-46-43-40-37-34-27-24-21-18-15-12-9-6-3)66-60(63)54-51-48-45-42-39-36-33-31-29-26-23-20-17-14-11-8-5-2/h25-26,28-29,32,35,41,44,57H,4-24,27,30-31,33-34,36-40,42-43,45-56H2,1-3H3/b28-25-,29-26-,35-32-,44-41-. The van der Waals surface area contributed by atoms with Gasteiger partial charge in [0.2, 0.25) is 0 Å². The van der Waals surface area contributed by atoms with Crippen molar-refractivity contribution in [2.75, 3.05) is 13.2 Å². The van der Waals surface area contributed by atoms with Gasteiger partial charge in [-0.3, -0.25) is 14.4 Å². The van der Waals surface area contributed by atoms with Crippen LogP contribution in [0.5, 0.6) is 0 Å². The van der Waals surface area contributed by atoms with Gasteiger partial charge in [-0.1, -0.05) is 249 Å². The van der Waals surface area contributed by atoms with Crippen LogP contribution in [0.4, 0.5) is 0 Å². The van der Waals surface area contributed by atoms with Crippen LogP contribution in [0.3, 0.4) is 0 Å². The van der Waals surface area contributed by atoms with Crippen LogP contribution in [0.15, 0.2) is 48.6 Å². The van der Waals surface area contributed by atoms with E-state index >= 15 is 0 Å². The van der Waals surface area contributed by atoms with Crippen molar-refractivity contribution in [3.8, 4) is 0 Å². The minimum Gasteiger partial charge on any atom is -0.462 e. The second kappa shape index (κ2) is 55.0. The zero-order chi connectivity index (χ0) is 47.9. The van der Waals surface area contributed by atoms with Crippen molar-refractivity contribution in [2.45, 2.75) is 303 Å². The normalized spacial score (nSPS) is 12.3. The van der Waals surface area contributed by atoms with E-state index in [9.17, 15) is 14.4 Å². The maximum atomic E-state index is 12.8. The molecule has 0 spiro atoms. The maximum Gasteiger partial charge on any atom is 0.306 e. The fraction of sp³-hybridized carbons (Fsp3) is 0.817. The lowest BCUT2D eigenvalue weighted by molar-refractivity contribution is -0.167. The molecule has 6 heteroatoms. The molecule has 0 aliphatic heterocycles. The van der Waals surface area contributed by atoms with E-state index in [1.165, 1.54) is 193 Å². The average molecular weight is 926 g/mol. The molecule has 0 saturated carbocycles. The van der Waals surface area contributed by atoms with E-state index in [1.807, 2.05) is 0 Å². The Balaban J connectivity index is 4.43. The Hall–Kier alpha value is -2.63. The molecule has 0 fully saturated rings. The van der Waals surface area contributed by atoms with Gasteiger partial charge in [0, 0.05) is 19.3 Å². The highest BCUT2D eigenvalue weighted by molar-refractivity contribution is 5.71. The summed E-state index contributed by atoms with van der Waals surface area (Å²) in [4.78, 5) is 38.1. The van der Waals surface area contributed by atoms with Gasteiger partial charge in [0.1, 0.15) is 13.2 Å². The molecule has 0 rings (SSSR count). The van der Waals surface area contributed by atoms with Crippen LogP contribution in [-0.2, 0) is 28.6 Å². The third kappa shape index (κ3) is 52.3. The molecule has 0 aliphatic carbocycles. The second-order valence-corrected chi connectivity index (χ2v) is 19.2. The largest absolute Gasteiger partial charge is 0.462 e. The fourth-order valence-electron chi connectivity index (χ4n) is 8.22. The van der Waals surface area contributed by atoms with E-state index in [2.05, 4.69) is 69.4 Å². The first-order chi connectivity index (χ1) is 32.5. The average Bonchev–Trinajstić information content (AvgIpc) is 3.31. The van der Waals surface area contributed by atoms with Crippen LogP contribution in [0.1, 0.15) is 297 Å². The molecule has 0 aromatic rings. The van der Waals surface area contributed by atoms with Gasteiger partial charge in [-0.15, -0.1) is 0 Å². The van der Waals surface area contributed by atoms with Gasteiger partial charge in [-0.25, -0.2) is 0 Å². The highest BCUT2D eigenvalue weighted by Crippen LogP contribution is 2.16. The number of rotatable bonds is 52. The Labute approximate surface area is 409 Å². The molecule has 6 nitrogen and oxygen atoms in total. The zero-order valence-electron chi connectivity index (χ0n) is 44.0. The Kier molecular flexibility index (Phi) is 52.8. The topological polar surface area (TPSA) is 78.9 Å². The van der Waals surface area contributed by atoms with Crippen molar-refractivity contribution in [3.63, 3.8) is 0 Å². The van der Waals surface area contributed by atoms with Crippen LogP contribution >= 0.6 is 0 Å². The molecule has 0 aromatic heterocycles. The van der Waals surface area contributed by atoms with E-state index in [-0.39, 0.29) is 31.1 Å². The van der Waals surface area contributed by atoms with Crippen molar-refractivity contribution in [1.29, 1.82) is 0 Å². The van der Waals surface area contributed by atoms with Gasteiger partial charge in [0.25, 0.3) is 0 Å². The molecule has 0 amide bonds. The summed E-state index contributed by atoms with van der Waals surface area (Å²) in [6.45, 7) is 6.61. The van der Waals surface area contributed by atoms with Gasteiger partial charge in [-0.05, 0) is 77.0 Å². The lowest BCUT2D eigenvalue weighted by Gasteiger charge is -2.18.